The third-order valence-electron chi connectivity index (χ3n) is 5.64. The smallest absolute Gasteiger partial charge is 0.311 e. The highest BCUT2D eigenvalue weighted by molar-refractivity contribution is 6.36. The van der Waals surface area contributed by atoms with Crippen LogP contribution in [0.5, 0.6) is 0 Å². The molecule has 0 aliphatic rings. The summed E-state index contributed by atoms with van der Waals surface area (Å²) in [5.41, 5.74) is 8.32. The van der Waals surface area contributed by atoms with Gasteiger partial charge in [-0.15, -0.1) is 0 Å². The van der Waals surface area contributed by atoms with Crippen LogP contribution in [0.1, 0.15) is 22.3 Å². The Balaban J connectivity index is 1.47. The Kier molecular flexibility index (Phi) is 8.27. The minimum atomic E-state index is -0.573. The van der Waals surface area contributed by atoms with Gasteiger partial charge in [-0.2, -0.15) is 0 Å². The monoisotopic (exact) mass is 538 g/mol. The average molecular weight is 539 g/mol. The molecule has 11 heteroatoms. The summed E-state index contributed by atoms with van der Waals surface area (Å²) >= 11 is 12.5. The van der Waals surface area contributed by atoms with Crippen LogP contribution in [0.15, 0.2) is 73.1 Å². The first-order valence-corrected chi connectivity index (χ1v) is 12.2. The fourth-order valence-electron chi connectivity index (χ4n) is 3.81. The van der Waals surface area contributed by atoms with Crippen LogP contribution in [0, 0.1) is 10.1 Å². The number of nitro groups is 1. The van der Waals surface area contributed by atoms with E-state index in [4.69, 9.17) is 28.9 Å². The van der Waals surface area contributed by atoms with E-state index in [0.29, 0.717) is 58.6 Å². The first-order valence-electron chi connectivity index (χ1n) is 11.4. The van der Waals surface area contributed by atoms with Crippen LogP contribution in [0.2, 0.25) is 10.0 Å². The van der Waals surface area contributed by atoms with E-state index in [2.05, 4.69) is 15.6 Å². The molecule has 4 rings (SSSR count). The number of halogens is 2. The summed E-state index contributed by atoms with van der Waals surface area (Å²) in [6, 6.07) is 17.7. The van der Waals surface area contributed by atoms with Gasteiger partial charge in [0.2, 0.25) is 5.82 Å². The molecule has 0 bridgehead atoms. The van der Waals surface area contributed by atoms with E-state index in [1.165, 1.54) is 12.1 Å². The lowest BCUT2D eigenvalue weighted by molar-refractivity contribution is -0.384. The fraction of sp³-hybridized carbons (Fsp3) is 0.154. The predicted octanol–water partition coefficient (Wildman–Crippen LogP) is 5.78. The van der Waals surface area contributed by atoms with Crippen molar-refractivity contribution in [3.8, 4) is 11.1 Å². The van der Waals surface area contributed by atoms with Crippen molar-refractivity contribution in [2.24, 2.45) is 0 Å². The molecule has 37 heavy (non-hydrogen) atoms. The zero-order chi connectivity index (χ0) is 26.4. The summed E-state index contributed by atoms with van der Waals surface area (Å²) in [6.45, 7) is 1.53. The first-order chi connectivity index (χ1) is 17.8. The van der Waals surface area contributed by atoms with Crippen molar-refractivity contribution in [3.63, 3.8) is 0 Å². The van der Waals surface area contributed by atoms with Crippen LogP contribution >= 0.6 is 23.2 Å². The lowest BCUT2D eigenvalue weighted by atomic mass is 10.0. The van der Waals surface area contributed by atoms with Crippen LogP contribution < -0.4 is 16.4 Å². The second-order valence-corrected chi connectivity index (χ2v) is 9.10. The van der Waals surface area contributed by atoms with Gasteiger partial charge in [0.25, 0.3) is 5.91 Å². The van der Waals surface area contributed by atoms with Crippen LogP contribution in [-0.2, 0) is 13.1 Å². The number of carbonyl (C=O) groups excluding carboxylic acids is 1. The van der Waals surface area contributed by atoms with Crippen LogP contribution in [-0.4, -0.2) is 26.9 Å². The summed E-state index contributed by atoms with van der Waals surface area (Å²) in [7, 11) is 0. The van der Waals surface area contributed by atoms with Crippen LogP contribution in [0.3, 0.4) is 0 Å². The molecule has 2 aromatic heterocycles. The standard InChI is InChI=1S/C26H24Cl2N6O3/c27-18-7-8-19(22(28)13-18)20-15-33(16-21(20)26(35)31-14-17-5-2-1-3-6-17)12-4-11-30-24-10-9-23(34(36)37)25(29)32-24/h1-3,5-10,13,15-16H,4,11-12,14H2,(H,31,35)(H3,29,30,32). The Labute approximate surface area is 223 Å². The number of carbonyl (C=O) groups is 1. The maximum Gasteiger partial charge on any atom is 0.311 e. The number of nitrogens with one attached hydrogen (secondary N) is 2. The molecule has 4 aromatic rings. The second-order valence-electron chi connectivity index (χ2n) is 8.25. The van der Waals surface area contributed by atoms with E-state index >= 15 is 0 Å². The normalized spacial score (nSPS) is 10.8. The summed E-state index contributed by atoms with van der Waals surface area (Å²) in [4.78, 5) is 27.5. The van der Waals surface area contributed by atoms with E-state index in [-0.39, 0.29) is 17.4 Å². The topological polar surface area (TPSA) is 128 Å². The zero-order valence-corrected chi connectivity index (χ0v) is 21.2. The number of aromatic nitrogens is 2. The van der Waals surface area contributed by atoms with Crippen molar-refractivity contribution in [2.75, 3.05) is 17.6 Å². The quantitative estimate of drug-likeness (QED) is 0.133. The molecule has 4 N–H and O–H groups in total. The molecule has 0 spiro atoms. The Morgan fingerprint density at radius 1 is 1.05 bits per heavy atom. The highest BCUT2D eigenvalue weighted by Crippen LogP contribution is 2.33. The average Bonchev–Trinajstić information content (AvgIpc) is 3.29. The largest absolute Gasteiger partial charge is 0.378 e. The van der Waals surface area contributed by atoms with Crippen molar-refractivity contribution in [2.45, 2.75) is 19.5 Å². The predicted molar refractivity (Wildman–Crippen MR) is 146 cm³/mol. The summed E-state index contributed by atoms with van der Waals surface area (Å²) in [5, 5.41) is 17.9. The van der Waals surface area contributed by atoms with E-state index in [0.717, 1.165) is 5.56 Å². The van der Waals surface area contributed by atoms with Gasteiger partial charge >= 0.3 is 5.69 Å². The number of nitrogens with zero attached hydrogens (tertiary/aromatic N) is 3. The van der Waals surface area contributed by atoms with Crippen molar-refractivity contribution in [1.29, 1.82) is 0 Å². The number of benzene rings is 2. The summed E-state index contributed by atoms with van der Waals surface area (Å²) in [6.07, 6.45) is 4.36. The molecule has 0 saturated carbocycles. The van der Waals surface area contributed by atoms with Gasteiger partial charge in [0.1, 0.15) is 5.82 Å². The van der Waals surface area contributed by atoms with Crippen molar-refractivity contribution in [3.05, 3.63) is 104 Å². The lowest BCUT2D eigenvalue weighted by Crippen LogP contribution is -2.23. The number of hydrogen-bond acceptors (Lipinski definition) is 6. The Hall–Kier alpha value is -4.08. The molecule has 0 atom stereocenters. The zero-order valence-electron chi connectivity index (χ0n) is 19.7. The second kappa shape index (κ2) is 11.8. The Morgan fingerprint density at radius 2 is 1.84 bits per heavy atom. The highest BCUT2D eigenvalue weighted by Gasteiger charge is 2.18. The van der Waals surface area contributed by atoms with Gasteiger partial charge in [-0.3, -0.25) is 14.9 Å². The molecule has 2 heterocycles. The molecule has 190 valence electrons. The number of amides is 1. The van der Waals surface area contributed by atoms with Gasteiger partial charge in [0.15, 0.2) is 0 Å². The van der Waals surface area contributed by atoms with Crippen molar-refractivity contribution < 1.29 is 9.72 Å². The molecular formula is C26H24Cl2N6O3. The molecule has 2 aromatic carbocycles. The van der Waals surface area contributed by atoms with Crippen molar-refractivity contribution in [1.82, 2.24) is 14.9 Å². The molecule has 0 aliphatic carbocycles. The van der Waals surface area contributed by atoms with E-state index in [1.54, 1.807) is 24.4 Å². The molecular weight excluding hydrogens is 515 g/mol. The van der Waals surface area contributed by atoms with Crippen LogP contribution in [0.4, 0.5) is 17.3 Å². The third-order valence-corrected chi connectivity index (χ3v) is 6.19. The van der Waals surface area contributed by atoms with Gasteiger partial charge in [-0.25, -0.2) is 4.98 Å². The van der Waals surface area contributed by atoms with Gasteiger partial charge < -0.3 is 20.9 Å². The number of nitrogens with two attached hydrogens (primary N) is 1. The molecule has 0 fully saturated rings. The number of aryl methyl sites for hydroxylation is 1. The van der Waals surface area contributed by atoms with Gasteiger partial charge in [0.05, 0.1) is 10.5 Å². The Morgan fingerprint density at radius 3 is 2.54 bits per heavy atom. The number of rotatable bonds is 10. The fourth-order valence-corrected chi connectivity index (χ4v) is 4.32. The number of anilines is 2. The Bertz CT molecular complexity index is 1430. The molecule has 0 aliphatic heterocycles. The maximum absolute atomic E-state index is 13.2. The van der Waals surface area contributed by atoms with Crippen molar-refractivity contribution >= 4 is 46.4 Å². The molecule has 1 amide bonds. The molecule has 0 saturated heterocycles. The molecule has 0 unspecified atom stereocenters. The maximum atomic E-state index is 13.2. The van der Waals surface area contributed by atoms with Gasteiger partial charge in [-0.1, -0.05) is 59.6 Å². The van der Waals surface area contributed by atoms with E-state index in [9.17, 15) is 14.9 Å². The third kappa shape index (κ3) is 6.58. The number of hydrogen-bond donors (Lipinski definition) is 3. The summed E-state index contributed by atoms with van der Waals surface area (Å²) in [5.74, 6) is 0.0913. The number of nitrogen functional groups attached to an aromatic ring is 1. The van der Waals surface area contributed by atoms with Gasteiger partial charge in [0, 0.05) is 59.3 Å². The van der Waals surface area contributed by atoms with Gasteiger partial charge in [-0.05, 0) is 30.2 Å². The minimum absolute atomic E-state index is 0.143. The first kappa shape index (κ1) is 26.0. The number of pyridine rings is 1. The van der Waals surface area contributed by atoms with E-state index in [1.807, 2.05) is 41.1 Å². The highest BCUT2D eigenvalue weighted by atomic mass is 35.5. The SMILES string of the molecule is Nc1nc(NCCCn2cc(C(=O)NCc3ccccc3)c(-c3ccc(Cl)cc3Cl)c2)ccc1[N+](=O)[O-]. The lowest BCUT2D eigenvalue weighted by Gasteiger charge is -2.08. The molecule has 9 nitrogen and oxygen atoms in total. The summed E-state index contributed by atoms with van der Waals surface area (Å²) < 4.78 is 1.93. The van der Waals surface area contributed by atoms with E-state index < -0.39 is 4.92 Å². The van der Waals surface area contributed by atoms with Crippen LogP contribution in [0.25, 0.3) is 11.1 Å². The minimum Gasteiger partial charge on any atom is -0.378 e. The molecule has 0 radical (unpaired) electrons.